The predicted octanol–water partition coefficient (Wildman–Crippen LogP) is 4.16. The number of aryl methyl sites for hydroxylation is 1. The van der Waals surface area contributed by atoms with Gasteiger partial charge in [0.1, 0.15) is 6.61 Å². The molecule has 1 atom stereocenters. The standard InChI is InChI=1S/C27H34ClN3O4/c1-18(30-8-12-34-24-6-5-22(28)16-25(24)35-17-19-3-4-19)13-20-14-21-7-10-31(9-2-11-32)26(21)23(15-20)27(29)33/h5-7,10,14-16,18-19,30,32H,2-4,8-9,11-13,17H2,1H3,(H2,29,33)/t18-/m1/s1. The Labute approximate surface area is 211 Å². The van der Waals surface area contributed by atoms with Crippen LogP contribution >= 0.6 is 11.6 Å². The highest BCUT2D eigenvalue weighted by Crippen LogP contribution is 2.34. The van der Waals surface area contributed by atoms with Gasteiger partial charge in [-0.1, -0.05) is 11.6 Å². The van der Waals surface area contributed by atoms with Crippen molar-refractivity contribution in [3.63, 3.8) is 0 Å². The summed E-state index contributed by atoms with van der Waals surface area (Å²) in [5.41, 5.74) is 8.08. The number of halogens is 1. The van der Waals surface area contributed by atoms with E-state index in [-0.39, 0.29) is 12.6 Å². The van der Waals surface area contributed by atoms with Crippen molar-refractivity contribution in [2.75, 3.05) is 26.4 Å². The number of hydrogen-bond acceptors (Lipinski definition) is 5. The molecule has 2 aromatic carbocycles. The third-order valence-corrected chi connectivity index (χ3v) is 6.45. The minimum absolute atomic E-state index is 0.101. The Morgan fingerprint density at radius 1 is 1.23 bits per heavy atom. The van der Waals surface area contributed by atoms with Crippen molar-refractivity contribution < 1.29 is 19.4 Å². The van der Waals surface area contributed by atoms with Gasteiger partial charge in [0.2, 0.25) is 0 Å². The van der Waals surface area contributed by atoms with Crippen LogP contribution in [-0.4, -0.2) is 48.0 Å². The van der Waals surface area contributed by atoms with Crippen molar-refractivity contribution in [3.8, 4) is 11.5 Å². The molecule has 1 saturated carbocycles. The first-order chi connectivity index (χ1) is 16.9. The fourth-order valence-electron chi connectivity index (χ4n) is 4.24. The molecule has 0 radical (unpaired) electrons. The Balaban J connectivity index is 1.32. The Bertz CT molecular complexity index is 1160. The predicted molar refractivity (Wildman–Crippen MR) is 138 cm³/mol. The van der Waals surface area contributed by atoms with Crippen molar-refractivity contribution in [2.45, 2.75) is 45.2 Å². The van der Waals surface area contributed by atoms with E-state index < -0.39 is 5.91 Å². The minimum atomic E-state index is -0.447. The molecule has 1 aliphatic carbocycles. The van der Waals surface area contributed by atoms with Gasteiger partial charge >= 0.3 is 0 Å². The van der Waals surface area contributed by atoms with Crippen LogP contribution in [0, 0.1) is 5.92 Å². The summed E-state index contributed by atoms with van der Waals surface area (Å²) >= 11 is 6.13. The summed E-state index contributed by atoms with van der Waals surface area (Å²) < 4.78 is 13.8. The van der Waals surface area contributed by atoms with E-state index in [4.69, 9.17) is 31.9 Å². The zero-order valence-electron chi connectivity index (χ0n) is 20.1. The molecule has 4 N–H and O–H groups in total. The molecular weight excluding hydrogens is 466 g/mol. The SMILES string of the molecule is C[C@H](Cc1cc(C(N)=O)c2c(ccn2CCCO)c1)NCCOc1ccc(Cl)cc1OCC1CC1. The number of carbonyl (C=O) groups is 1. The van der Waals surface area contributed by atoms with Crippen LogP contribution in [0.5, 0.6) is 11.5 Å². The molecule has 1 amide bonds. The van der Waals surface area contributed by atoms with Gasteiger partial charge in [-0.15, -0.1) is 0 Å². The van der Waals surface area contributed by atoms with E-state index in [1.54, 1.807) is 12.1 Å². The number of amides is 1. The quantitative estimate of drug-likeness (QED) is 0.289. The third kappa shape index (κ3) is 6.90. The molecule has 35 heavy (non-hydrogen) atoms. The normalized spacial score (nSPS) is 14.3. The molecule has 0 saturated heterocycles. The van der Waals surface area contributed by atoms with Crippen molar-refractivity contribution in [3.05, 3.63) is 58.7 Å². The van der Waals surface area contributed by atoms with Crippen LogP contribution in [0.3, 0.4) is 0 Å². The number of nitrogens with zero attached hydrogens (tertiary/aromatic N) is 1. The first kappa shape index (κ1) is 25.4. The smallest absolute Gasteiger partial charge is 0.250 e. The second kappa shape index (κ2) is 11.8. The van der Waals surface area contributed by atoms with E-state index in [1.165, 1.54) is 12.8 Å². The zero-order valence-corrected chi connectivity index (χ0v) is 20.9. The first-order valence-electron chi connectivity index (χ1n) is 12.3. The van der Waals surface area contributed by atoms with E-state index >= 15 is 0 Å². The van der Waals surface area contributed by atoms with Gasteiger partial charge in [-0.25, -0.2) is 0 Å². The van der Waals surface area contributed by atoms with Crippen LogP contribution < -0.4 is 20.5 Å². The number of rotatable bonds is 14. The van der Waals surface area contributed by atoms with Crippen molar-refractivity contribution in [1.29, 1.82) is 0 Å². The summed E-state index contributed by atoms with van der Waals surface area (Å²) in [5, 5.41) is 14.2. The average Bonchev–Trinajstić information content (AvgIpc) is 3.58. The van der Waals surface area contributed by atoms with Gasteiger partial charge in [-0.05, 0) is 74.4 Å². The van der Waals surface area contributed by atoms with Crippen LogP contribution in [0.2, 0.25) is 5.02 Å². The second-order valence-corrected chi connectivity index (χ2v) is 9.72. The number of ether oxygens (including phenoxy) is 2. The fraction of sp³-hybridized carbons (Fsp3) is 0.444. The fourth-order valence-corrected chi connectivity index (χ4v) is 4.40. The molecular formula is C27H34ClN3O4. The Hall–Kier alpha value is -2.74. The lowest BCUT2D eigenvalue weighted by Gasteiger charge is -2.17. The van der Waals surface area contributed by atoms with Gasteiger partial charge < -0.3 is 30.2 Å². The lowest BCUT2D eigenvalue weighted by Crippen LogP contribution is -2.32. The summed E-state index contributed by atoms with van der Waals surface area (Å²) in [4.78, 5) is 12.2. The molecule has 0 spiro atoms. The van der Waals surface area contributed by atoms with E-state index in [0.29, 0.717) is 60.7 Å². The van der Waals surface area contributed by atoms with Gasteiger partial charge in [0.15, 0.2) is 11.5 Å². The number of carbonyl (C=O) groups excluding carboxylic acids is 1. The molecule has 188 valence electrons. The highest BCUT2D eigenvalue weighted by molar-refractivity contribution is 6.30. The van der Waals surface area contributed by atoms with Crippen molar-refractivity contribution in [1.82, 2.24) is 9.88 Å². The lowest BCUT2D eigenvalue weighted by molar-refractivity contribution is 0.100. The highest BCUT2D eigenvalue weighted by Gasteiger charge is 2.22. The van der Waals surface area contributed by atoms with Crippen molar-refractivity contribution >= 4 is 28.4 Å². The second-order valence-electron chi connectivity index (χ2n) is 9.28. The van der Waals surface area contributed by atoms with E-state index in [0.717, 1.165) is 22.9 Å². The lowest BCUT2D eigenvalue weighted by atomic mass is 10.0. The maximum atomic E-state index is 12.2. The monoisotopic (exact) mass is 499 g/mol. The van der Waals surface area contributed by atoms with Gasteiger partial charge in [-0.2, -0.15) is 0 Å². The van der Waals surface area contributed by atoms with Crippen LogP contribution in [0.4, 0.5) is 0 Å². The van der Waals surface area contributed by atoms with E-state index in [2.05, 4.69) is 18.3 Å². The van der Waals surface area contributed by atoms with Gasteiger partial charge in [0.05, 0.1) is 17.7 Å². The molecule has 8 heteroatoms. The zero-order chi connectivity index (χ0) is 24.8. The summed E-state index contributed by atoms with van der Waals surface area (Å²) in [6.07, 6.45) is 5.75. The Kier molecular flexibility index (Phi) is 8.55. The van der Waals surface area contributed by atoms with Crippen LogP contribution in [-0.2, 0) is 13.0 Å². The first-order valence-corrected chi connectivity index (χ1v) is 12.6. The number of nitrogens with two attached hydrogens (primary N) is 1. The van der Waals surface area contributed by atoms with E-state index in [9.17, 15) is 4.79 Å². The summed E-state index contributed by atoms with van der Waals surface area (Å²) in [6, 6.07) is 11.6. The number of aromatic nitrogens is 1. The number of hydrogen-bond donors (Lipinski definition) is 3. The van der Waals surface area contributed by atoms with Crippen LogP contribution in [0.15, 0.2) is 42.6 Å². The number of fused-ring (bicyclic) bond motifs is 1. The van der Waals surface area contributed by atoms with Gasteiger partial charge in [0, 0.05) is 48.4 Å². The maximum Gasteiger partial charge on any atom is 0.250 e. The summed E-state index contributed by atoms with van der Waals surface area (Å²) in [6.45, 7) is 4.70. The number of benzene rings is 2. The molecule has 0 aliphatic heterocycles. The Morgan fingerprint density at radius 2 is 2.06 bits per heavy atom. The summed E-state index contributed by atoms with van der Waals surface area (Å²) in [5.74, 6) is 1.60. The minimum Gasteiger partial charge on any atom is -0.489 e. The third-order valence-electron chi connectivity index (χ3n) is 6.21. The molecule has 4 rings (SSSR count). The molecule has 1 heterocycles. The molecule has 7 nitrogen and oxygen atoms in total. The maximum absolute atomic E-state index is 12.2. The van der Waals surface area contributed by atoms with E-state index in [1.807, 2.05) is 29.0 Å². The average molecular weight is 500 g/mol. The number of aliphatic hydroxyl groups excluding tert-OH is 1. The Morgan fingerprint density at radius 3 is 2.80 bits per heavy atom. The molecule has 1 aliphatic rings. The largest absolute Gasteiger partial charge is 0.489 e. The van der Waals surface area contributed by atoms with Crippen LogP contribution in [0.25, 0.3) is 10.9 Å². The molecule has 0 bridgehead atoms. The van der Waals surface area contributed by atoms with Gasteiger partial charge in [0.25, 0.3) is 5.91 Å². The molecule has 3 aromatic rings. The van der Waals surface area contributed by atoms with Crippen molar-refractivity contribution in [2.24, 2.45) is 11.7 Å². The number of aliphatic hydroxyl groups is 1. The molecule has 0 unspecified atom stereocenters. The number of nitrogens with one attached hydrogen (secondary N) is 1. The molecule has 1 aromatic heterocycles. The van der Waals surface area contributed by atoms with Crippen LogP contribution in [0.1, 0.15) is 42.1 Å². The molecule has 1 fully saturated rings. The van der Waals surface area contributed by atoms with Gasteiger partial charge in [-0.3, -0.25) is 4.79 Å². The number of primary amides is 1. The summed E-state index contributed by atoms with van der Waals surface area (Å²) in [7, 11) is 0. The topological polar surface area (TPSA) is 98.7 Å². The highest BCUT2D eigenvalue weighted by atomic mass is 35.5.